The Bertz CT molecular complexity index is 835. The van der Waals surface area contributed by atoms with E-state index in [4.69, 9.17) is 11.6 Å². The van der Waals surface area contributed by atoms with Crippen molar-refractivity contribution >= 4 is 34.6 Å². The number of hydrogen-bond acceptors (Lipinski definition) is 4. The first-order valence-electron chi connectivity index (χ1n) is 9.96. The fraction of sp³-hybridized carbons (Fsp3) is 0.409. The molecule has 2 heterocycles. The molecule has 0 unspecified atom stereocenters. The Morgan fingerprint density at radius 3 is 2.21 bits per heavy atom. The molecule has 6 heteroatoms. The van der Waals surface area contributed by atoms with Crippen LogP contribution in [0.2, 0.25) is 5.02 Å². The molecule has 0 radical (unpaired) electrons. The van der Waals surface area contributed by atoms with Gasteiger partial charge in [-0.25, -0.2) is 0 Å². The van der Waals surface area contributed by atoms with Crippen molar-refractivity contribution in [3.8, 4) is 0 Å². The molecule has 4 rings (SSSR count). The molecule has 0 spiro atoms. The summed E-state index contributed by atoms with van der Waals surface area (Å²) in [6.45, 7) is 6.48. The molecular formula is C22H27ClN4O. The molecule has 0 bridgehead atoms. The molecule has 1 amide bonds. The van der Waals surface area contributed by atoms with E-state index in [1.54, 1.807) is 0 Å². The van der Waals surface area contributed by atoms with Crippen molar-refractivity contribution in [1.29, 1.82) is 0 Å². The summed E-state index contributed by atoms with van der Waals surface area (Å²) in [7, 11) is 2.15. The van der Waals surface area contributed by atoms with Gasteiger partial charge < -0.3 is 19.6 Å². The van der Waals surface area contributed by atoms with Crippen LogP contribution in [-0.4, -0.2) is 68.6 Å². The number of carbonyl (C=O) groups is 1. The number of para-hydroxylation sites is 3. The number of carbonyl (C=O) groups excluding carboxylic acids is 1. The quantitative estimate of drug-likeness (QED) is 0.789. The first-order valence-corrected chi connectivity index (χ1v) is 10.3. The lowest BCUT2D eigenvalue weighted by Gasteiger charge is -2.38. The Kier molecular flexibility index (Phi) is 5.85. The Morgan fingerprint density at radius 2 is 1.50 bits per heavy atom. The van der Waals surface area contributed by atoms with E-state index < -0.39 is 0 Å². The van der Waals surface area contributed by atoms with Crippen LogP contribution in [0.25, 0.3) is 0 Å². The number of nitrogens with zero attached hydrogens (tertiary/aromatic N) is 4. The number of fused-ring (bicyclic) bond motifs is 1. The lowest BCUT2D eigenvalue weighted by atomic mass is 10.1. The van der Waals surface area contributed by atoms with Crippen LogP contribution in [0.4, 0.5) is 17.1 Å². The van der Waals surface area contributed by atoms with E-state index in [1.165, 1.54) is 0 Å². The maximum Gasteiger partial charge on any atom is 0.228 e. The van der Waals surface area contributed by atoms with Crippen LogP contribution in [0, 0.1) is 0 Å². The average molecular weight is 399 g/mol. The van der Waals surface area contributed by atoms with Crippen molar-refractivity contribution in [2.24, 2.45) is 0 Å². The molecule has 2 aliphatic heterocycles. The van der Waals surface area contributed by atoms with Crippen LogP contribution in [0.3, 0.4) is 0 Å². The van der Waals surface area contributed by atoms with Gasteiger partial charge in [-0.2, -0.15) is 0 Å². The van der Waals surface area contributed by atoms with Gasteiger partial charge in [-0.15, -0.1) is 0 Å². The van der Waals surface area contributed by atoms with E-state index in [-0.39, 0.29) is 5.91 Å². The minimum atomic E-state index is 0.199. The van der Waals surface area contributed by atoms with Crippen molar-refractivity contribution in [2.75, 3.05) is 62.7 Å². The molecule has 28 heavy (non-hydrogen) atoms. The van der Waals surface area contributed by atoms with Gasteiger partial charge in [0.15, 0.2) is 0 Å². The molecule has 0 atom stereocenters. The third kappa shape index (κ3) is 4.02. The molecule has 0 N–H and O–H groups in total. The summed E-state index contributed by atoms with van der Waals surface area (Å²) >= 11 is 6.44. The van der Waals surface area contributed by atoms with Gasteiger partial charge in [0.1, 0.15) is 0 Å². The predicted molar refractivity (Wildman–Crippen MR) is 116 cm³/mol. The van der Waals surface area contributed by atoms with Crippen LogP contribution < -0.4 is 9.80 Å². The van der Waals surface area contributed by atoms with Crippen LogP contribution >= 0.6 is 11.6 Å². The second-order valence-electron chi connectivity index (χ2n) is 7.53. The van der Waals surface area contributed by atoms with Crippen LogP contribution in [0.15, 0.2) is 48.5 Å². The first-order chi connectivity index (χ1) is 13.6. The summed E-state index contributed by atoms with van der Waals surface area (Å²) in [6, 6.07) is 16.0. The highest BCUT2D eigenvalue weighted by Crippen LogP contribution is 2.40. The first kappa shape index (κ1) is 19.2. The molecule has 2 aliphatic rings. The molecule has 1 saturated heterocycles. The summed E-state index contributed by atoms with van der Waals surface area (Å²) in [5.41, 5.74) is 2.99. The molecule has 1 fully saturated rings. The van der Waals surface area contributed by atoms with E-state index in [9.17, 15) is 4.79 Å². The van der Waals surface area contributed by atoms with Gasteiger partial charge in [0.2, 0.25) is 5.91 Å². The zero-order chi connectivity index (χ0) is 19.5. The Labute approximate surface area is 172 Å². The SMILES string of the molecule is CN1CCN(CCC(=O)N2CCN(c3ccccc3Cl)c3ccccc32)CC1. The second-order valence-corrected chi connectivity index (χ2v) is 7.94. The van der Waals surface area contributed by atoms with Crippen molar-refractivity contribution < 1.29 is 4.79 Å². The third-order valence-corrected chi connectivity index (χ3v) is 6.01. The van der Waals surface area contributed by atoms with Gasteiger partial charge in [0.25, 0.3) is 0 Å². The van der Waals surface area contributed by atoms with Gasteiger partial charge in [0, 0.05) is 52.2 Å². The molecule has 2 aromatic rings. The van der Waals surface area contributed by atoms with Crippen LogP contribution in [0.5, 0.6) is 0 Å². The Morgan fingerprint density at radius 1 is 0.857 bits per heavy atom. The molecule has 0 aromatic heterocycles. The normalized spacial score (nSPS) is 18.2. The highest BCUT2D eigenvalue weighted by molar-refractivity contribution is 6.33. The number of likely N-dealkylation sites (N-methyl/N-ethyl adjacent to an activating group) is 1. The number of hydrogen-bond donors (Lipinski definition) is 0. The zero-order valence-corrected chi connectivity index (χ0v) is 17.1. The van der Waals surface area contributed by atoms with Crippen molar-refractivity contribution in [2.45, 2.75) is 6.42 Å². The summed E-state index contributed by atoms with van der Waals surface area (Å²) in [6.07, 6.45) is 0.560. The minimum absolute atomic E-state index is 0.199. The lowest BCUT2D eigenvalue weighted by Crippen LogP contribution is -2.47. The molecule has 5 nitrogen and oxygen atoms in total. The maximum absolute atomic E-state index is 13.0. The molecule has 2 aromatic carbocycles. The topological polar surface area (TPSA) is 30.0 Å². The van der Waals surface area contributed by atoms with Gasteiger partial charge in [-0.3, -0.25) is 4.79 Å². The van der Waals surface area contributed by atoms with Gasteiger partial charge >= 0.3 is 0 Å². The average Bonchev–Trinajstić information content (AvgIpc) is 2.73. The van der Waals surface area contributed by atoms with E-state index in [1.807, 2.05) is 47.4 Å². The third-order valence-electron chi connectivity index (χ3n) is 5.69. The van der Waals surface area contributed by atoms with Gasteiger partial charge in [-0.1, -0.05) is 35.9 Å². The van der Waals surface area contributed by atoms with Crippen LogP contribution in [-0.2, 0) is 4.79 Å². The Balaban J connectivity index is 1.49. The minimum Gasteiger partial charge on any atom is -0.337 e. The molecule has 0 aliphatic carbocycles. The monoisotopic (exact) mass is 398 g/mol. The standard InChI is InChI=1S/C22H27ClN4O/c1-24-12-14-25(15-13-24)11-10-22(28)27-17-16-26(19-7-3-2-6-18(19)23)20-8-4-5-9-21(20)27/h2-9H,10-17H2,1H3. The number of halogens is 1. The highest BCUT2D eigenvalue weighted by Gasteiger charge is 2.28. The number of benzene rings is 2. The summed E-state index contributed by atoms with van der Waals surface area (Å²) in [5.74, 6) is 0.199. The van der Waals surface area contributed by atoms with E-state index in [0.29, 0.717) is 13.0 Å². The van der Waals surface area contributed by atoms with Gasteiger partial charge in [-0.05, 0) is 31.3 Å². The lowest BCUT2D eigenvalue weighted by molar-refractivity contribution is -0.119. The van der Waals surface area contributed by atoms with E-state index in [2.05, 4.69) is 27.8 Å². The summed E-state index contributed by atoms with van der Waals surface area (Å²) < 4.78 is 0. The molecular weight excluding hydrogens is 372 g/mol. The Hall–Kier alpha value is -2.08. The fourth-order valence-corrected chi connectivity index (χ4v) is 4.24. The zero-order valence-electron chi connectivity index (χ0n) is 16.4. The predicted octanol–water partition coefficient (Wildman–Crippen LogP) is 3.46. The maximum atomic E-state index is 13.0. The van der Waals surface area contributed by atoms with E-state index >= 15 is 0 Å². The number of anilines is 3. The molecule has 0 saturated carbocycles. The number of piperazine rings is 1. The van der Waals surface area contributed by atoms with E-state index in [0.717, 1.165) is 61.4 Å². The van der Waals surface area contributed by atoms with Crippen molar-refractivity contribution in [1.82, 2.24) is 9.80 Å². The largest absolute Gasteiger partial charge is 0.337 e. The second kappa shape index (κ2) is 8.52. The number of amides is 1. The summed E-state index contributed by atoms with van der Waals surface area (Å²) in [5, 5.41) is 0.729. The van der Waals surface area contributed by atoms with Crippen LogP contribution in [0.1, 0.15) is 6.42 Å². The van der Waals surface area contributed by atoms with Crippen molar-refractivity contribution in [3.05, 3.63) is 53.6 Å². The fourth-order valence-electron chi connectivity index (χ4n) is 4.00. The highest BCUT2D eigenvalue weighted by atomic mass is 35.5. The smallest absolute Gasteiger partial charge is 0.228 e. The summed E-state index contributed by atoms with van der Waals surface area (Å²) in [4.78, 5) is 21.9. The number of rotatable bonds is 4. The van der Waals surface area contributed by atoms with Crippen molar-refractivity contribution in [3.63, 3.8) is 0 Å². The van der Waals surface area contributed by atoms with Gasteiger partial charge in [0.05, 0.1) is 22.1 Å². The molecule has 148 valence electrons.